The first kappa shape index (κ1) is 19.8. The van der Waals surface area contributed by atoms with E-state index in [4.69, 9.17) is 28.3 Å². The average Bonchev–Trinajstić information content (AvgIpc) is 3.43. The van der Waals surface area contributed by atoms with E-state index in [1.165, 1.54) is 12.1 Å². The van der Waals surface area contributed by atoms with E-state index in [2.05, 4.69) is 4.98 Å². The maximum Gasteiger partial charge on any atom is 0.123 e. The summed E-state index contributed by atoms with van der Waals surface area (Å²) in [5, 5.41) is 8.26. The Morgan fingerprint density at radius 3 is 2.03 bits per heavy atom. The molecule has 31 heavy (non-hydrogen) atoms. The van der Waals surface area contributed by atoms with Gasteiger partial charge in [-0.1, -0.05) is 47.5 Å². The topological polar surface area (TPSA) is 33.4 Å². The standard InChI is InChI=1S/C24H17Cl2FN4/c25-18-5-1-16(2-6-18)22-24(30-14-13-28-15-30)23(17-3-7-19(26)8-4-17)31(29-22)21-11-9-20(27)10-12-21/h1-15,23-24H. The monoisotopic (exact) mass is 450 g/mol. The zero-order valence-corrected chi connectivity index (χ0v) is 17.7. The molecule has 0 saturated carbocycles. The van der Waals surface area contributed by atoms with Crippen molar-refractivity contribution in [3.63, 3.8) is 0 Å². The molecule has 0 saturated heterocycles. The summed E-state index contributed by atoms with van der Waals surface area (Å²) in [5.41, 5.74) is 3.63. The lowest BCUT2D eigenvalue weighted by molar-refractivity contribution is 0.526. The number of hydrogen-bond donors (Lipinski definition) is 0. The zero-order chi connectivity index (χ0) is 21.4. The Labute approximate surface area is 189 Å². The molecule has 4 nitrogen and oxygen atoms in total. The molecular formula is C24H17Cl2FN4. The van der Waals surface area contributed by atoms with Crippen molar-refractivity contribution in [2.45, 2.75) is 12.1 Å². The number of benzene rings is 3. The van der Waals surface area contributed by atoms with Crippen LogP contribution in [0.1, 0.15) is 23.2 Å². The van der Waals surface area contributed by atoms with E-state index in [1.807, 2.05) is 64.3 Å². The number of anilines is 1. The van der Waals surface area contributed by atoms with Crippen molar-refractivity contribution >= 4 is 34.6 Å². The maximum absolute atomic E-state index is 13.6. The minimum Gasteiger partial charge on any atom is -0.326 e. The second kappa shape index (κ2) is 8.17. The second-order valence-electron chi connectivity index (χ2n) is 7.26. The van der Waals surface area contributed by atoms with Gasteiger partial charge in [-0.25, -0.2) is 9.37 Å². The first-order valence-electron chi connectivity index (χ1n) is 9.72. The third-order valence-corrected chi connectivity index (χ3v) is 5.85. The molecule has 0 radical (unpaired) electrons. The SMILES string of the molecule is Fc1ccc(N2N=C(c3ccc(Cl)cc3)C(n3ccnc3)C2c2ccc(Cl)cc2)cc1. The Kier molecular flexibility index (Phi) is 5.22. The van der Waals surface area contributed by atoms with Crippen molar-refractivity contribution in [2.24, 2.45) is 5.10 Å². The predicted octanol–water partition coefficient (Wildman–Crippen LogP) is 6.54. The highest BCUT2D eigenvalue weighted by Gasteiger charge is 2.40. The van der Waals surface area contributed by atoms with Crippen LogP contribution in [0.15, 0.2) is 96.6 Å². The zero-order valence-electron chi connectivity index (χ0n) is 16.2. The summed E-state index contributed by atoms with van der Waals surface area (Å²) in [7, 11) is 0. The molecule has 2 atom stereocenters. The van der Waals surface area contributed by atoms with Crippen molar-refractivity contribution in [1.29, 1.82) is 0 Å². The molecule has 5 rings (SSSR count). The number of imidazole rings is 1. The van der Waals surface area contributed by atoms with Crippen LogP contribution in [0.3, 0.4) is 0 Å². The molecular weight excluding hydrogens is 434 g/mol. The summed E-state index contributed by atoms with van der Waals surface area (Å²) in [4.78, 5) is 4.26. The molecule has 0 bridgehead atoms. The first-order chi connectivity index (χ1) is 15.1. The molecule has 0 N–H and O–H groups in total. The van der Waals surface area contributed by atoms with Crippen molar-refractivity contribution in [2.75, 3.05) is 5.01 Å². The van der Waals surface area contributed by atoms with Crippen LogP contribution in [0.2, 0.25) is 10.0 Å². The van der Waals surface area contributed by atoms with Crippen LogP contribution in [0.25, 0.3) is 0 Å². The van der Waals surface area contributed by atoms with Crippen LogP contribution < -0.4 is 5.01 Å². The van der Waals surface area contributed by atoms with Crippen LogP contribution >= 0.6 is 23.2 Å². The van der Waals surface area contributed by atoms with Gasteiger partial charge in [0.1, 0.15) is 17.9 Å². The molecule has 1 aromatic heterocycles. The number of hydrogen-bond acceptors (Lipinski definition) is 3. The largest absolute Gasteiger partial charge is 0.326 e. The third kappa shape index (κ3) is 3.82. The lowest BCUT2D eigenvalue weighted by Gasteiger charge is -2.29. The van der Waals surface area contributed by atoms with Gasteiger partial charge >= 0.3 is 0 Å². The summed E-state index contributed by atoms with van der Waals surface area (Å²) in [6.07, 6.45) is 5.46. The molecule has 2 heterocycles. The fourth-order valence-corrected chi connectivity index (χ4v) is 4.16. The van der Waals surface area contributed by atoms with E-state index in [-0.39, 0.29) is 17.9 Å². The van der Waals surface area contributed by atoms with Crippen molar-refractivity contribution in [3.8, 4) is 0 Å². The van der Waals surface area contributed by atoms with Gasteiger partial charge in [0.15, 0.2) is 0 Å². The Morgan fingerprint density at radius 1 is 0.774 bits per heavy atom. The second-order valence-corrected chi connectivity index (χ2v) is 8.14. The Morgan fingerprint density at radius 2 is 1.42 bits per heavy atom. The number of aromatic nitrogens is 2. The molecule has 0 aliphatic carbocycles. The van der Waals surface area contributed by atoms with E-state index >= 15 is 0 Å². The van der Waals surface area contributed by atoms with Crippen LogP contribution in [0, 0.1) is 5.82 Å². The van der Waals surface area contributed by atoms with Crippen molar-refractivity contribution in [3.05, 3.63) is 119 Å². The predicted molar refractivity (Wildman–Crippen MR) is 122 cm³/mol. The number of rotatable bonds is 4. The van der Waals surface area contributed by atoms with Crippen LogP contribution in [-0.4, -0.2) is 15.3 Å². The Bertz CT molecular complexity index is 1200. The van der Waals surface area contributed by atoms with Gasteiger partial charge in [0, 0.05) is 28.0 Å². The fraction of sp³-hybridized carbons (Fsp3) is 0.0833. The fourth-order valence-electron chi connectivity index (χ4n) is 3.90. The van der Waals surface area contributed by atoms with Crippen molar-refractivity contribution in [1.82, 2.24) is 9.55 Å². The van der Waals surface area contributed by atoms with E-state index in [1.54, 1.807) is 24.7 Å². The van der Waals surface area contributed by atoms with E-state index in [0.717, 1.165) is 22.5 Å². The highest BCUT2D eigenvalue weighted by atomic mass is 35.5. The number of hydrazone groups is 1. The van der Waals surface area contributed by atoms with Gasteiger partial charge in [-0.3, -0.25) is 5.01 Å². The molecule has 0 fully saturated rings. The molecule has 0 amide bonds. The van der Waals surface area contributed by atoms with Gasteiger partial charge in [0.25, 0.3) is 0 Å². The molecule has 1 aliphatic rings. The van der Waals surface area contributed by atoms with Crippen LogP contribution in [0.4, 0.5) is 10.1 Å². The molecule has 7 heteroatoms. The van der Waals surface area contributed by atoms with E-state index < -0.39 is 0 Å². The van der Waals surface area contributed by atoms with Gasteiger partial charge in [-0.05, 0) is 54.1 Å². The highest BCUT2D eigenvalue weighted by molar-refractivity contribution is 6.31. The summed E-state index contributed by atoms with van der Waals surface area (Å²) < 4.78 is 15.7. The van der Waals surface area contributed by atoms with E-state index in [0.29, 0.717) is 10.0 Å². The minimum atomic E-state index is -0.293. The Hall–Kier alpha value is -3.15. The average molecular weight is 451 g/mol. The Balaban J connectivity index is 1.70. The molecule has 0 spiro atoms. The van der Waals surface area contributed by atoms with E-state index in [9.17, 15) is 4.39 Å². The lowest BCUT2D eigenvalue weighted by Crippen LogP contribution is -2.28. The normalized spacial score (nSPS) is 18.3. The molecule has 154 valence electrons. The van der Waals surface area contributed by atoms with Crippen molar-refractivity contribution < 1.29 is 4.39 Å². The van der Waals surface area contributed by atoms with Gasteiger partial charge in [0.2, 0.25) is 0 Å². The minimum absolute atomic E-state index is 0.171. The van der Waals surface area contributed by atoms with Crippen LogP contribution in [0.5, 0.6) is 0 Å². The first-order valence-corrected chi connectivity index (χ1v) is 10.5. The highest BCUT2D eigenvalue weighted by Crippen LogP contribution is 2.43. The quantitative estimate of drug-likeness (QED) is 0.353. The number of nitrogens with zero attached hydrogens (tertiary/aromatic N) is 4. The van der Waals surface area contributed by atoms with Gasteiger partial charge in [-0.15, -0.1) is 0 Å². The molecule has 4 aromatic rings. The summed E-state index contributed by atoms with van der Waals surface area (Å²) in [5.74, 6) is -0.293. The summed E-state index contributed by atoms with van der Waals surface area (Å²) in [6, 6.07) is 21.3. The molecule has 2 unspecified atom stereocenters. The molecule has 1 aliphatic heterocycles. The molecule has 3 aromatic carbocycles. The van der Waals surface area contributed by atoms with Gasteiger partial charge < -0.3 is 4.57 Å². The third-order valence-electron chi connectivity index (χ3n) is 5.35. The van der Waals surface area contributed by atoms with Gasteiger partial charge in [-0.2, -0.15) is 5.10 Å². The number of halogens is 3. The summed E-state index contributed by atoms with van der Waals surface area (Å²) in [6.45, 7) is 0. The lowest BCUT2D eigenvalue weighted by atomic mass is 9.92. The van der Waals surface area contributed by atoms with Crippen LogP contribution in [-0.2, 0) is 0 Å². The maximum atomic E-state index is 13.6. The summed E-state index contributed by atoms with van der Waals surface area (Å²) >= 11 is 12.3. The van der Waals surface area contributed by atoms with Gasteiger partial charge in [0.05, 0.1) is 17.7 Å². The smallest absolute Gasteiger partial charge is 0.123 e.